The maximum absolute atomic E-state index is 13.1. The van der Waals surface area contributed by atoms with Crippen molar-refractivity contribution in [2.45, 2.75) is 429 Å². The highest BCUT2D eigenvalue weighted by molar-refractivity contribution is 5.76. The zero-order valence-corrected chi connectivity index (χ0v) is 61.9. The molecule has 7 unspecified atom stereocenters. The molecule has 0 saturated carbocycles. The minimum atomic E-state index is -1.58. The number of esters is 1. The van der Waals surface area contributed by atoms with Gasteiger partial charge in [-0.3, -0.25) is 9.59 Å². The molecule has 11 nitrogen and oxygen atoms in total. The third-order valence-electron chi connectivity index (χ3n) is 19.0. The van der Waals surface area contributed by atoms with Crippen LogP contribution in [0.4, 0.5) is 0 Å². The highest BCUT2D eigenvalue weighted by Gasteiger charge is 2.44. The van der Waals surface area contributed by atoms with Crippen LogP contribution in [0.25, 0.3) is 0 Å². The molecule has 1 saturated heterocycles. The Bertz CT molecular complexity index is 1810. The lowest BCUT2D eigenvalue weighted by atomic mass is 9.99. The Morgan fingerprint density at radius 1 is 0.389 bits per heavy atom. The van der Waals surface area contributed by atoms with E-state index < -0.39 is 49.5 Å². The van der Waals surface area contributed by atoms with Crippen LogP contribution in [0, 0.1) is 0 Å². The van der Waals surface area contributed by atoms with Crippen molar-refractivity contribution in [2.24, 2.45) is 0 Å². The molecule has 11 heteroatoms. The molecule has 1 rings (SSSR count). The molecule has 1 aliphatic rings. The number of ether oxygens (including phenoxy) is 3. The molecule has 554 valence electrons. The highest BCUT2D eigenvalue weighted by atomic mass is 16.7. The molecule has 6 N–H and O–H groups in total. The lowest BCUT2D eigenvalue weighted by Crippen LogP contribution is -2.60. The Morgan fingerprint density at radius 3 is 1.12 bits per heavy atom. The van der Waals surface area contributed by atoms with Gasteiger partial charge in [0.2, 0.25) is 5.91 Å². The molecule has 0 bridgehead atoms. The van der Waals surface area contributed by atoms with Gasteiger partial charge in [0.1, 0.15) is 24.4 Å². The number of hydrogen-bond donors (Lipinski definition) is 6. The maximum atomic E-state index is 13.1. The zero-order chi connectivity index (χ0) is 68.6. The van der Waals surface area contributed by atoms with Gasteiger partial charge < -0.3 is 45.1 Å². The molecule has 1 fully saturated rings. The first-order chi connectivity index (χ1) is 46.7. The fourth-order valence-electron chi connectivity index (χ4n) is 12.6. The van der Waals surface area contributed by atoms with E-state index in [9.17, 15) is 35.1 Å². The number of hydrogen-bond acceptors (Lipinski definition) is 10. The van der Waals surface area contributed by atoms with Gasteiger partial charge in [0, 0.05) is 12.8 Å². The van der Waals surface area contributed by atoms with Crippen molar-refractivity contribution in [3.8, 4) is 0 Å². The molecule has 7 atom stereocenters. The summed E-state index contributed by atoms with van der Waals surface area (Å²) in [6, 6.07) is -0.834. The van der Waals surface area contributed by atoms with E-state index in [0.717, 1.165) is 77.0 Å². The number of carbonyl (C=O) groups is 2. The Hall–Kier alpha value is -2.90. The van der Waals surface area contributed by atoms with Crippen LogP contribution in [0.5, 0.6) is 0 Å². The summed E-state index contributed by atoms with van der Waals surface area (Å²) >= 11 is 0. The van der Waals surface area contributed by atoms with Crippen LogP contribution in [-0.4, -0.2) is 100 Å². The summed E-state index contributed by atoms with van der Waals surface area (Å²) in [5.74, 6) is -0.187. The van der Waals surface area contributed by atoms with E-state index in [4.69, 9.17) is 14.2 Å². The molecule has 1 heterocycles. The summed E-state index contributed by atoms with van der Waals surface area (Å²) in [6.45, 7) is 4.33. The topological polar surface area (TPSA) is 175 Å². The van der Waals surface area contributed by atoms with Crippen molar-refractivity contribution in [3.05, 3.63) is 72.9 Å². The number of aliphatic hydroxyl groups excluding tert-OH is 5. The lowest BCUT2D eigenvalue weighted by Gasteiger charge is -2.40. The van der Waals surface area contributed by atoms with Gasteiger partial charge in [0.25, 0.3) is 0 Å². The molecule has 1 amide bonds. The van der Waals surface area contributed by atoms with E-state index >= 15 is 0 Å². The number of allylic oxidation sites excluding steroid dienone is 11. The molecule has 95 heavy (non-hydrogen) atoms. The quantitative estimate of drug-likeness (QED) is 0.0195. The second-order valence-electron chi connectivity index (χ2n) is 28.1. The van der Waals surface area contributed by atoms with Gasteiger partial charge in [-0.15, -0.1) is 0 Å². The number of carbonyl (C=O) groups excluding carboxylic acids is 2. The Labute approximate surface area is 585 Å². The highest BCUT2D eigenvalue weighted by Crippen LogP contribution is 2.24. The summed E-state index contributed by atoms with van der Waals surface area (Å²) < 4.78 is 16.8. The third-order valence-corrected chi connectivity index (χ3v) is 19.0. The molecular formula is C84H153NO10. The fraction of sp³-hybridized carbons (Fsp3) is 0.833. The SMILES string of the molecule is CCCCCC/C=C/CC/C=C/CC/C=C/C(O)C(COC1OC(CO)C(O)C(O)C1O)NC(=O)CCCCCCCCCCCCCCCCCCC/C=C\C/C=C\CCCCCCCCCCCCCCCCCOC(=O)CCCCCCC/C=C\CCCCCCC. The molecule has 0 spiro atoms. The Morgan fingerprint density at radius 2 is 0.716 bits per heavy atom. The van der Waals surface area contributed by atoms with Crippen LogP contribution in [-0.2, 0) is 23.8 Å². The Kier molecular flexibility index (Phi) is 68.6. The molecule has 0 aliphatic carbocycles. The van der Waals surface area contributed by atoms with Crippen molar-refractivity contribution in [3.63, 3.8) is 0 Å². The molecule has 0 aromatic heterocycles. The minimum absolute atomic E-state index is 0.00580. The lowest BCUT2D eigenvalue weighted by molar-refractivity contribution is -0.302. The fourth-order valence-corrected chi connectivity index (χ4v) is 12.6. The van der Waals surface area contributed by atoms with E-state index in [1.165, 1.54) is 283 Å². The van der Waals surface area contributed by atoms with Gasteiger partial charge in [0.05, 0.1) is 32.0 Å². The summed E-state index contributed by atoms with van der Waals surface area (Å²) in [5.41, 5.74) is 0. The van der Waals surface area contributed by atoms with Gasteiger partial charge >= 0.3 is 5.97 Å². The summed E-state index contributed by atoms with van der Waals surface area (Å²) in [7, 11) is 0. The zero-order valence-electron chi connectivity index (χ0n) is 61.9. The average Bonchev–Trinajstić information content (AvgIpc) is 0.929. The van der Waals surface area contributed by atoms with Gasteiger partial charge in [-0.1, -0.05) is 331 Å². The van der Waals surface area contributed by atoms with Gasteiger partial charge in [-0.2, -0.15) is 0 Å². The summed E-state index contributed by atoms with van der Waals surface area (Å²) in [4.78, 5) is 25.2. The minimum Gasteiger partial charge on any atom is -0.466 e. The van der Waals surface area contributed by atoms with E-state index in [0.29, 0.717) is 19.4 Å². The monoisotopic (exact) mass is 1340 g/mol. The third kappa shape index (κ3) is 60.8. The number of unbranched alkanes of at least 4 members (excludes halogenated alkanes) is 48. The van der Waals surface area contributed by atoms with Crippen molar-refractivity contribution in [1.82, 2.24) is 5.32 Å². The van der Waals surface area contributed by atoms with Crippen LogP contribution >= 0.6 is 0 Å². The molecule has 0 radical (unpaired) electrons. The van der Waals surface area contributed by atoms with E-state index in [2.05, 4.69) is 79.9 Å². The van der Waals surface area contributed by atoms with Gasteiger partial charge in [0.15, 0.2) is 6.29 Å². The van der Waals surface area contributed by atoms with Crippen molar-refractivity contribution in [2.75, 3.05) is 19.8 Å². The summed E-state index contributed by atoms with van der Waals surface area (Å²) in [5, 5.41) is 54.5. The van der Waals surface area contributed by atoms with Gasteiger partial charge in [-0.05, 0) is 116 Å². The molecular weight excluding hydrogens is 1180 g/mol. The van der Waals surface area contributed by atoms with Crippen molar-refractivity contribution < 1.29 is 49.3 Å². The first-order valence-electron chi connectivity index (χ1n) is 40.7. The van der Waals surface area contributed by atoms with E-state index in [1.54, 1.807) is 6.08 Å². The Balaban J connectivity index is 1.92. The predicted octanol–water partition coefficient (Wildman–Crippen LogP) is 22.2. The molecule has 1 aliphatic heterocycles. The number of nitrogens with one attached hydrogen (secondary N) is 1. The van der Waals surface area contributed by atoms with Crippen LogP contribution in [0.1, 0.15) is 386 Å². The van der Waals surface area contributed by atoms with E-state index in [1.807, 2.05) is 6.08 Å². The van der Waals surface area contributed by atoms with Crippen LogP contribution in [0.2, 0.25) is 0 Å². The normalized spacial score (nSPS) is 17.7. The standard InChI is InChI=1S/C84H153NO10/c1-3-5-7-9-11-13-15-17-46-50-54-58-62-66-70-77(87)76(75-94-84-83(92)82(91)81(90)78(74-86)95-84)85-79(88)71-67-63-59-55-51-47-44-42-40-38-36-34-32-30-28-26-24-22-20-19-21-23-25-27-29-31-33-35-37-39-41-43-45-49-53-57-61-65-69-73-93-80(89)72-68-64-60-56-52-48-18-16-14-12-10-8-6-4-2/h13,15-16,18-20,23,25,50,54,66,70,76-78,81-84,86-87,90-92H,3-12,14,17,21-22,24,26-49,51-53,55-65,67-69,71-75H2,1-2H3,(H,85,88)/b15-13+,18-16-,20-19-,25-23-,54-50+,70-66+. The van der Waals surface area contributed by atoms with Crippen LogP contribution in [0.15, 0.2) is 72.9 Å². The first kappa shape index (κ1) is 90.1. The van der Waals surface area contributed by atoms with Crippen molar-refractivity contribution in [1.29, 1.82) is 0 Å². The average molecular weight is 1340 g/mol. The van der Waals surface area contributed by atoms with Crippen LogP contribution < -0.4 is 5.32 Å². The second-order valence-corrected chi connectivity index (χ2v) is 28.1. The predicted molar refractivity (Wildman–Crippen MR) is 403 cm³/mol. The van der Waals surface area contributed by atoms with Gasteiger partial charge in [-0.25, -0.2) is 0 Å². The van der Waals surface area contributed by atoms with Crippen LogP contribution in [0.3, 0.4) is 0 Å². The number of rotatable bonds is 72. The molecule has 0 aromatic carbocycles. The van der Waals surface area contributed by atoms with Crippen molar-refractivity contribution >= 4 is 11.9 Å². The first-order valence-corrected chi connectivity index (χ1v) is 40.7. The number of amides is 1. The summed E-state index contributed by atoms with van der Waals surface area (Å²) in [6.07, 6.45) is 89.4. The van der Waals surface area contributed by atoms with E-state index in [-0.39, 0.29) is 18.5 Å². The maximum Gasteiger partial charge on any atom is 0.305 e. The largest absolute Gasteiger partial charge is 0.466 e. The smallest absolute Gasteiger partial charge is 0.305 e. The second kappa shape index (κ2) is 72.4. The number of aliphatic hydroxyl groups is 5. The molecule has 0 aromatic rings.